The summed E-state index contributed by atoms with van der Waals surface area (Å²) in [5, 5.41) is -0.0849. The zero-order valence-electron chi connectivity index (χ0n) is 4.71. The highest BCUT2D eigenvalue weighted by molar-refractivity contribution is 6.57. The lowest BCUT2D eigenvalue weighted by Gasteiger charge is -1.98. The van der Waals surface area contributed by atoms with E-state index in [0.29, 0.717) is 0 Å². The van der Waals surface area contributed by atoms with E-state index in [1.165, 1.54) is 0 Å². The molecule has 1 rings (SSSR count). The molecule has 0 N–H and O–H groups in total. The van der Waals surface area contributed by atoms with Gasteiger partial charge in [-0.25, -0.2) is 0 Å². The largest absolute Gasteiger partial charge is 0.141 e. The average molecular weight is 173 g/mol. The zero-order valence-corrected chi connectivity index (χ0v) is 6.98. The van der Waals surface area contributed by atoms with Gasteiger partial charge in [0.1, 0.15) is 4.33 Å². The topological polar surface area (TPSA) is 0 Å². The van der Waals surface area contributed by atoms with Gasteiger partial charge in [0.15, 0.2) is 0 Å². The molecule has 0 radical (unpaired) electrons. The second kappa shape index (κ2) is 1.47. The number of rotatable bonds is 0. The van der Waals surface area contributed by atoms with Crippen LogP contribution in [0.2, 0.25) is 0 Å². The highest BCUT2D eigenvalue weighted by Crippen LogP contribution is 2.66. The molecule has 1 atom stereocenters. The van der Waals surface area contributed by atoms with Crippen molar-refractivity contribution in [1.82, 2.24) is 0 Å². The van der Waals surface area contributed by atoms with Gasteiger partial charge in [0.25, 0.3) is 0 Å². The van der Waals surface area contributed by atoms with Gasteiger partial charge in [-0.2, -0.15) is 0 Å². The molecule has 48 valence electrons. The van der Waals surface area contributed by atoms with Crippen LogP contribution in [0.25, 0.3) is 0 Å². The molecule has 0 amide bonds. The minimum absolute atomic E-state index is 0.0849. The van der Waals surface area contributed by atoms with Crippen LogP contribution in [0.4, 0.5) is 0 Å². The summed E-state index contributed by atoms with van der Waals surface area (Å²) in [6.45, 7) is 3.90. The van der Waals surface area contributed by atoms with Crippen LogP contribution in [0.5, 0.6) is 0 Å². The van der Waals surface area contributed by atoms with Gasteiger partial charge in [-0.15, -0.1) is 11.6 Å². The van der Waals surface area contributed by atoms with Crippen molar-refractivity contribution in [2.75, 3.05) is 0 Å². The predicted octanol–water partition coefficient (Wildman–Crippen LogP) is 2.81. The third-order valence-electron chi connectivity index (χ3n) is 1.73. The van der Waals surface area contributed by atoms with Gasteiger partial charge in [0.2, 0.25) is 0 Å². The molecule has 1 saturated carbocycles. The van der Waals surface area contributed by atoms with Gasteiger partial charge in [0, 0.05) is 5.41 Å². The molecule has 1 aliphatic rings. The summed E-state index contributed by atoms with van der Waals surface area (Å²) in [5.74, 6) is 0. The molecule has 3 heteroatoms. The highest BCUT2D eigenvalue weighted by atomic mass is 35.5. The fourth-order valence-corrected chi connectivity index (χ4v) is 1.76. The smallest absolute Gasteiger partial charge is 0.119 e. The molecule has 0 aromatic heterocycles. The Morgan fingerprint density at radius 2 is 1.38 bits per heavy atom. The van der Waals surface area contributed by atoms with Crippen molar-refractivity contribution in [2.24, 2.45) is 5.41 Å². The number of hydrogen-bond donors (Lipinski definition) is 0. The molecule has 1 fully saturated rings. The third kappa shape index (κ3) is 0.600. The first-order valence-electron chi connectivity index (χ1n) is 2.42. The Bertz CT molecular complexity index is 103. The Kier molecular flexibility index (Phi) is 1.29. The van der Waals surface area contributed by atoms with Crippen LogP contribution < -0.4 is 0 Å². The molecule has 0 heterocycles. The number of halogens is 3. The fourth-order valence-electron chi connectivity index (χ4n) is 0.599. The molecule has 0 bridgehead atoms. The van der Waals surface area contributed by atoms with Crippen LogP contribution in [0.15, 0.2) is 0 Å². The molecular formula is C5H7Cl3. The van der Waals surface area contributed by atoms with Gasteiger partial charge in [-0.05, 0) is 0 Å². The van der Waals surface area contributed by atoms with Gasteiger partial charge >= 0.3 is 0 Å². The zero-order chi connectivity index (χ0) is 6.58. The van der Waals surface area contributed by atoms with E-state index in [4.69, 9.17) is 34.8 Å². The maximum absolute atomic E-state index is 5.72. The highest BCUT2D eigenvalue weighted by Gasteiger charge is 2.69. The van der Waals surface area contributed by atoms with Gasteiger partial charge in [-0.3, -0.25) is 0 Å². The van der Waals surface area contributed by atoms with Crippen molar-refractivity contribution in [3.63, 3.8) is 0 Å². The molecule has 1 aliphatic carbocycles. The van der Waals surface area contributed by atoms with Gasteiger partial charge in [0.05, 0.1) is 5.38 Å². The lowest BCUT2D eigenvalue weighted by molar-refractivity contribution is 0.643. The van der Waals surface area contributed by atoms with Crippen LogP contribution in [-0.4, -0.2) is 9.71 Å². The standard InChI is InChI=1S/C5H7Cl3/c1-4(2)3(6)5(4,7)8/h3H,1-2H3/t3-/m0/s1. The summed E-state index contributed by atoms with van der Waals surface area (Å²) < 4.78 is -0.686. The van der Waals surface area contributed by atoms with Gasteiger partial charge < -0.3 is 0 Å². The molecule has 0 aliphatic heterocycles. The minimum Gasteiger partial charge on any atom is -0.119 e. The van der Waals surface area contributed by atoms with Crippen molar-refractivity contribution in [3.8, 4) is 0 Å². The maximum atomic E-state index is 5.72. The SMILES string of the molecule is CC1(C)[C@H](Cl)C1(Cl)Cl. The monoisotopic (exact) mass is 172 g/mol. The Morgan fingerprint density at radius 1 is 1.25 bits per heavy atom. The van der Waals surface area contributed by atoms with Crippen molar-refractivity contribution in [2.45, 2.75) is 23.6 Å². The summed E-state index contributed by atoms with van der Waals surface area (Å²) in [6.07, 6.45) is 0. The van der Waals surface area contributed by atoms with Crippen LogP contribution in [-0.2, 0) is 0 Å². The van der Waals surface area contributed by atoms with E-state index in [0.717, 1.165) is 0 Å². The van der Waals surface area contributed by atoms with E-state index in [2.05, 4.69) is 0 Å². The lowest BCUT2D eigenvalue weighted by Crippen LogP contribution is -1.96. The number of hydrogen-bond acceptors (Lipinski definition) is 0. The normalized spacial score (nSPS) is 39.4. The molecule has 0 aromatic carbocycles. The first kappa shape index (κ1) is 6.98. The van der Waals surface area contributed by atoms with E-state index in [1.807, 2.05) is 13.8 Å². The van der Waals surface area contributed by atoms with Crippen molar-refractivity contribution < 1.29 is 0 Å². The molecule has 8 heavy (non-hydrogen) atoms. The van der Waals surface area contributed by atoms with E-state index >= 15 is 0 Å². The maximum Gasteiger partial charge on any atom is 0.141 e. The predicted molar refractivity (Wildman–Crippen MR) is 37.9 cm³/mol. The van der Waals surface area contributed by atoms with Crippen LogP contribution in [0.3, 0.4) is 0 Å². The van der Waals surface area contributed by atoms with Crippen molar-refractivity contribution in [3.05, 3.63) is 0 Å². The van der Waals surface area contributed by atoms with Crippen molar-refractivity contribution >= 4 is 34.8 Å². The minimum atomic E-state index is -0.686. The van der Waals surface area contributed by atoms with Crippen molar-refractivity contribution in [1.29, 1.82) is 0 Å². The van der Waals surface area contributed by atoms with E-state index in [1.54, 1.807) is 0 Å². The number of alkyl halides is 3. The third-order valence-corrected chi connectivity index (χ3v) is 4.23. The first-order chi connectivity index (χ1) is 3.40. The Morgan fingerprint density at radius 3 is 1.38 bits per heavy atom. The molecule has 0 spiro atoms. The molecule has 0 unspecified atom stereocenters. The summed E-state index contributed by atoms with van der Waals surface area (Å²) in [4.78, 5) is 0. The summed E-state index contributed by atoms with van der Waals surface area (Å²) >= 11 is 17.1. The Hall–Kier alpha value is 0.870. The van der Waals surface area contributed by atoms with E-state index in [9.17, 15) is 0 Å². The summed E-state index contributed by atoms with van der Waals surface area (Å²) in [5.41, 5.74) is -0.0995. The quantitative estimate of drug-likeness (QED) is 0.494. The Labute approximate surface area is 64.1 Å². The second-order valence-corrected chi connectivity index (χ2v) is 4.53. The van der Waals surface area contributed by atoms with Crippen LogP contribution in [0, 0.1) is 5.41 Å². The molecule has 0 nitrogen and oxygen atoms in total. The first-order valence-corrected chi connectivity index (χ1v) is 3.62. The van der Waals surface area contributed by atoms with Crippen LogP contribution >= 0.6 is 34.8 Å². The van der Waals surface area contributed by atoms with Crippen LogP contribution in [0.1, 0.15) is 13.8 Å². The summed E-state index contributed by atoms with van der Waals surface area (Å²) in [6, 6.07) is 0. The summed E-state index contributed by atoms with van der Waals surface area (Å²) in [7, 11) is 0. The fraction of sp³-hybridized carbons (Fsp3) is 1.00. The second-order valence-electron chi connectivity index (χ2n) is 2.71. The lowest BCUT2D eigenvalue weighted by atomic mass is 10.2. The Balaban J connectivity index is 2.72. The molecule has 0 saturated heterocycles. The van der Waals surface area contributed by atoms with E-state index in [-0.39, 0.29) is 10.8 Å². The van der Waals surface area contributed by atoms with E-state index < -0.39 is 4.33 Å². The van der Waals surface area contributed by atoms with Gasteiger partial charge in [-0.1, -0.05) is 37.0 Å². The molecular weight excluding hydrogens is 166 g/mol. The molecule has 0 aromatic rings. The average Bonchev–Trinajstić information content (AvgIpc) is 1.88.